The minimum absolute atomic E-state index is 0.00693. The van der Waals surface area contributed by atoms with Gasteiger partial charge in [-0.2, -0.15) is 0 Å². The molecule has 1 amide bonds. The number of rotatable bonds is 4. The molecular formula is C13H17NO2. The van der Waals surface area contributed by atoms with Crippen LogP contribution in [0.2, 0.25) is 0 Å². The highest BCUT2D eigenvalue weighted by atomic mass is 16.1. The fourth-order valence-corrected chi connectivity index (χ4v) is 1.24. The van der Waals surface area contributed by atoms with Gasteiger partial charge in [0.1, 0.15) is 0 Å². The van der Waals surface area contributed by atoms with Crippen molar-refractivity contribution in [2.24, 2.45) is 5.92 Å². The van der Waals surface area contributed by atoms with Crippen LogP contribution in [0.4, 0.5) is 5.69 Å². The summed E-state index contributed by atoms with van der Waals surface area (Å²) in [6.45, 7) is 5.38. The maximum Gasteiger partial charge on any atom is 0.227 e. The lowest BCUT2D eigenvalue weighted by atomic mass is 10.1. The van der Waals surface area contributed by atoms with E-state index in [2.05, 4.69) is 5.32 Å². The van der Waals surface area contributed by atoms with Crippen LogP contribution in [0.1, 0.15) is 37.6 Å². The average molecular weight is 219 g/mol. The summed E-state index contributed by atoms with van der Waals surface area (Å²) in [5.74, 6) is 0.0466. The van der Waals surface area contributed by atoms with Crippen molar-refractivity contribution in [3.8, 4) is 0 Å². The normalized spacial score (nSPS) is 11.9. The molecule has 0 bridgehead atoms. The van der Waals surface area contributed by atoms with E-state index in [1.165, 1.54) is 6.92 Å². The Morgan fingerprint density at radius 2 is 1.81 bits per heavy atom. The lowest BCUT2D eigenvalue weighted by molar-refractivity contribution is -0.119. The third-order valence-corrected chi connectivity index (χ3v) is 2.62. The zero-order valence-corrected chi connectivity index (χ0v) is 9.91. The van der Waals surface area contributed by atoms with Crippen molar-refractivity contribution < 1.29 is 9.59 Å². The number of carbonyl (C=O) groups excluding carboxylic acids is 2. The van der Waals surface area contributed by atoms with E-state index >= 15 is 0 Å². The average Bonchev–Trinajstić information content (AvgIpc) is 2.28. The summed E-state index contributed by atoms with van der Waals surface area (Å²) >= 11 is 0. The Bertz CT molecular complexity index is 381. The molecule has 3 nitrogen and oxygen atoms in total. The van der Waals surface area contributed by atoms with Crippen LogP contribution < -0.4 is 5.32 Å². The molecule has 0 aliphatic rings. The van der Waals surface area contributed by atoms with Gasteiger partial charge in [0.15, 0.2) is 5.78 Å². The molecule has 1 N–H and O–H groups in total. The van der Waals surface area contributed by atoms with Gasteiger partial charge in [-0.25, -0.2) is 0 Å². The molecule has 1 rings (SSSR count). The quantitative estimate of drug-likeness (QED) is 0.791. The standard InChI is InChI=1S/C13H17NO2/c1-4-9(2)13(16)14-12-7-5-11(6-8-12)10(3)15/h5-9H,4H2,1-3H3,(H,14,16)/t9-/m0/s1. The summed E-state index contributed by atoms with van der Waals surface area (Å²) in [5, 5.41) is 2.81. The Kier molecular flexibility index (Phi) is 4.23. The Morgan fingerprint density at radius 1 is 1.25 bits per heavy atom. The van der Waals surface area contributed by atoms with Gasteiger partial charge in [-0.3, -0.25) is 9.59 Å². The molecule has 3 heteroatoms. The first kappa shape index (κ1) is 12.4. The second kappa shape index (κ2) is 5.45. The molecule has 0 spiro atoms. The third kappa shape index (κ3) is 3.19. The molecule has 0 radical (unpaired) electrons. The molecular weight excluding hydrogens is 202 g/mol. The zero-order valence-electron chi connectivity index (χ0n) is 9.91. The van der Waals surface area contributed by atoms with Crippen molar-refractivity contribution in [2.45, 2.75) is 27.2 Å². The van der Waals surface area contributed by atoms with Crippen molar-refractivity contribution in [2.75, 3.05) is 5.32 Å². The molecule has 1 aromatic rings. The van der Waals surface area contributed by atoms with Crippen molar-refractivity contribution in [3.63, 3.8) is 0 Å². The molecule has 1 aromatic carbocycles. The van der Waals surface area contributed by atoms with E-state index in [4.69, 9.17) is 0 Å². The van der Waals surface area contributed by atoms with E-state index in [9.17, 15) is 9.59 Å². The fourth-order valence-electron chi connectivity index (χ4n) is 1.24. The van der Waals surface area contributed by atoms with E-state index in [-0.39, 0.29) is 17.6 Å². The van der Waals surface area contributed by atoms with E-state index in [0.717, 1.165) is 12.1 Å². The van der Waals surface area contributed by atoms with E-state index in [1.807, 2.05) is 13.8 Å². The summed E-state index contributed by atoms with van der Waals surface area (Å²) in [6, 6.07) is 6.93. The van der Waals surface area contributed by atoms with Crippen LogP contribution in [0.25, 0.3) is 0 Å². The molecule has 0 aliphatic carbocycles. The van der Waals surface area contributed by atoms with Gasteiger partial charge in [0.25, 0.3) is 0 Å². The Labute approximate surface area is 95.9 Å². The van der Waals surface area contributed by atoms with Crippen LogP contribution >= 0.6 is 0 Å². The highest BCUT2D eigenvalue weighted by Gasteiger charge is 2.10. The first-order chi connectivity index (χ1) is 7.54. The van der Waals surface area contributed by atoms with E-state index < -0.39 is 0 Å². The van der Waals surface area contributed by atoms with Crippen LogP contribution in [-0.2, 0) is 4.79 Å². The molecule has 0 heterocycles. The highest BCUT2D eigenvalue weighted by Crippen LogP contribution is 2.12. The molecule has 1 atom stereocenters. The van der Waals surface area contributed by atoms with Crippen molar-refractivity contribution in [1.82, 2.24) is 0 Å². The number of amides is 1. The summed E-state index contributed by atoms with van der Waals surface area (Å²) in [6.07, 6.45) is 0.817. The van der Waals surface area contributed by atoms with Gasteiger partial charge in [0.2, 0.25) is 5.91 Å². The first-order valence-corrected chi connectivity index (χ1v) is 5.46. The number of hydrogen-bond donors (Lipinski definition) is 1. The summed E-state index contributed by atoms with van der Waals surface area (Å²) in [5.41, 5.74) is 1.39. The molecule has 0 saturated heterocycles. The van der Waals surface area contributed by atoms with Crippen LogP contribution in [0.5, 0.6) is 0 Å². The van der Waals surface area contributed by atoms with E-state index in [0.29, 0.717) is 5.56 Å². The minimum atomic E-state index is 0.00693. The van der Waals surface area contributed by atoms with Crippen molar-refractivity contribution in [1.29, 1.82) is 0 Å². The lowest BCUT2D eigenvalue weighted by Crippen LogP contribution is -2.19. The molecule has 86 valence electrons. The maximum atomic E-state index is 11.6. The molecule has 0 fully saturated rings. The van der Waals surface area contributed by atoms with Crippen molar-refractivity contribution in [3.05, 3.63) is 29.8 Å². The summed E-state index contributed by atoms with van der Waals surface area (Å²) < 4.78 is 0. The number of ketones is 1. The topological polar surface area (TPSA) is 46.2 Å². The Balaban J connectivity index is 2.69. The Morgan fingerprint density at radius 3 is 2.25 bits per heavy atom. The van der Waals surface area contributed by atoms with Crippen molar-refractivity contribution >= 4 is 17.4 Å². The number of Topliss-reactive ketones (excluding diaryl/α,β-unsaturated/α-hetero) is 1. The van der Waals surface area contributed by atoms with Crippen LogP contribution in [0.3, 0.4) is 0 Å². The number of benzene rings is 1. The molecule has 0 saturated carbocycles. The highest BCUT2D eigenvalue weighted by molar-refractivity contribution is 5.96. The maximum absolute atomic E-state index is 11.6. The van der Waals surface area contributed by atoms with Gasteiger partial charge < -0.3 is 5.32 Å². The van der Waals surface area contributed by atoms with Gasteiger partial charge in [0.05, 0.1) is 0 Å². The number of nitrogens with one attached hydrogen (secondary N) is 1. The van der Waals surface area contributed by atoms with Gasteiger partial charge in [0, 0.05) is 17.2 Å². The third-order valence-electron chi connectivity index (χ3n) is 2.62. The Hall–Kier alpha value is -1.64. The van der Waals surface area contributed by atoms with Crippen LogP contribution in [0.15, 0.2) is 24.3 Å². The number of anilines is 1. The SMILES string of the molecule is CC[C@H](C)C(=O)Nc1ccc(C(C)=O)cc1. The number of carbonyl (C=O) groups is 2. The zero-order chi connectivity index (χ0) is 12.1. The molecule has 16 heavy (non-hydrogen) atoms. The van der Waals surface area contributed by atoms with Gasteiger partial charge in [-0.15, -0.1) is 0 Å². The molecule has 0 aromatic heterocycles. The predicted octanol–water partition coefficient (Wildman–Crippen LogP) is 2.87. The molecule has 0 aliphatic heterocycles. The summed E-state index contributed by atoms with van der Waals surface area (Å²) in [4.78, 5) is 22.6. The van der Waals surface area contributed by atoms with Gasteiger partial charge in [-0.1, -0.05) is 13.8 Å². The largest absolute Gasteiger partial charge is 0.326 e. The van der Waals surface area contributed by atoms with Crippen LogP contribution in [0, 0.1) is 5.92 Å². The molecule has 0 unspecified atom stereocenters. The summed E-state index contributed by atoms with van der Waals surface area (Å²) in [7, 11) is 0. The van der Waals surface area contributed by atoms with Crippen LogP contribution in [-0.4, -0.2) is 11.7 Å². The smallest absolute Gasteiger partial charge is 0.227 e. The predicted molar refractivity (Wildman–Crippen MR) is 64.5 cm³/mol. The van der Waals surface area contributed by atoms with Gasteiger partial charge >= 0.3 is 0 Å². The van der Waals surface area contributed by atoms with E-state index in [1.54, 1.807) is 24.3 Å². The lowest BCUT2D eigenvalue weighted by Gasteiger charge is -2.09. The second-order valence-electron chi connectivity index (χ2n) is 3.93. The first-order valence-electron chi connectivity index (χ1n) is 5.46. The fraction of sp³-hybridized carbons (Fsp3) is 0.385. The number of hydrogen-bond acceptors (Lipinski definition) is 2. The monoisotopic (exact) mass is 219 g/mol. The second-order valence-corrected chi connectivity index (χ2v) is 3.93. The minimum Gasteiger partial charge on any atom is -0.326 e. The van der Waals surface area contributed by atoms with Gasteiger partial charge in [-0.05, 0) is 37.6 Å².